The van der Waals surface area contributed by atoms with Crippen molar-refractivity contribution in [2.45, 2.75) is 58.7 Å². The normalized spacial score (nSPS) is 20.9. The summed E-state index contributed by atoms with van der Waals surface area (Å²) in [4.78, 5) is 34.4. The first-order valence-electron chi connectivity index (χ1n) is 16.1. The number of benzene rings is 2. The Kier molecular flexibility index (Phi) is 9.08. The van der Waals surface area contributed by atoms with Crippen molar-refractivity contribution in [3.63, 3.8) is 0 Å². The monoisotopic (exact) mass is 608 g/mol. The minimum absolute atomic E-state index is 0.00813. The minimum Gasteiger partial charge on any atom is -0.462 e. The standard InChI is InChI=1S/C35H44N8O2/c1-5-16-40-18-19-42(22-28(40)14-15-36)34-33-30(37-35(38-34)45-24-29-12-8-17-39(29)4)23-41(20-21-43(33)26(3)44)31-13-7-11-27-10-6-9-25(2)32(27)31/h5-7,9-11,13,16,28-29H,8,12,14,17-24H2,1-4H3/t28-,29-/m0/s1. The number of amides is 1. The lowest BCUT2D eigenvalue weighted by atomic mass is 10.0. The van der Waals surface area contributed by atoms with Crippen LogP contribution in [0.5, 0.6) is 6.01 Å². The molecule has 0 unspecified atom stereocenters. The van der Waals surface area contributed by atoms with Crippen molar-refractivity contribution < 1.29 is 9.53 Å². The SMILES string of the molecule is CC=CN1CCN(c2nc(OC[C@@H]3CCCN3C)nc3c2N(C(C)=O)CCN(c2cccc4cccc(C)c24)C3)C[C@@H]1CC#N. The highest BCUT2D eigenvalue weighted by Gasteiger charge is 2.34. The van der Waals surface area contributed by atoms with Crippen LogP contribution in [0.4, 0.5) is 17.2 Å². The predicted octanol–water partition coefficient (Wildman–Crippen LogP) is 4.72. The van der Waals surface area contributed by atoms with Gasteiger partial charge in [-0.25, -0.2) is 0 Å². The lowest BCUT2D eigenvalue weighted by Gasteiger charge is -2.41. The van der Waals surface area contributed by atoms with Crippen LogP contribution >= 0.6 is 0 Å². The Balaban J connectivity index is 1.44. The number of anilines is 3. The van der Waals surface area contributed by atoms with Gasteiger partial charge in [0.1, 0.15) is 12.3 Å². The molecule has 10 nitrogen and oxygen atoms in total. The highest BCUT2D eigenvalue weighted by molar-refractivity contribution is 5.98. The van der Waals surface area contributed by atoms with E-state index >= 15 is 0 Å². The molecule has 0 saturated carbocycles. The average Bonchev–Trinajstić information content (AvgIpc) is 3.34. The van der Waals surface area contributed by atoms with E-state index in [9.17, 15) is 10.1 Å². The molecule has 3 aliphatic rings. The number of likely N-dealkylation sites (tertiary alicyclic amines) is 1. The van der Waals surface area contributed by atoms with Crippen LogP contribution in [0.15, 0.2) is 48.7 Å². The number of aromatic nitrogens is 2. The molecule has 0 aliphatic carbocycles. The zero-order valence-electron chi connectivity index (χ0n) is 26.9. The Morgan fingerprint density at radius 3 is 2.60 bits per heavy atom. The smallest absolute Gasteiger partial charge is 0.318 e. The summed E-state index contributed by atoms with van der Waals surface area (Å²) in [7, 11) is 2.14. The van der Waals surface area contributed by atoms with Crippen molar-refractivity contribution in [3.05, 3.63) is 59.9 Å². The first-order chi connectivity index (χ1) is 21.9. The van der Waals surface area contributed by atoms with Crippen LogP contribution in [0.2, 0.25) is 0 Å². The number of carbonyl (C=O) groups excluding carboxylic acids is 1. The van der Waals surface area contributed by atoms with E-state index in [4.69, 9.17) is 14.7 Å². The average molecular weight is 609 g/mol. The third-order valence-corrected chi connectivity index (χ3v) is 9.50. The summed E-state index contributed by atoms with van der Waals surface area (Å²) >= 11 is 0. The number of rotatable bonds is 7. The van der Waals surface area contributed by atoms with Gasteiger partial charge in [0, 0.05) is 56.8 Å². The molecular formula is C35H44N8O2. The predicted molar refractivity (Wildman–Crippen MR) is 179 cm³/mol. The second kappa shape index (κ2) is 13.3. The largest absolute Gasteiger partial charge is 0.462 e. The molecule has 3 aromatic rings. The molecule has 236 valence electrons. The Morgan fingerprint density at radius 1 is 1.07 bits per heavy atom. The number of carbonyl (C=O) groups is 1. The summed E-state index contributed by atoms with van der Waals surface area (Å²) < 4.78 is 6.37. The molecule has 2 fully saturated rings. The number of nitriles is 1. The summed E-state index contributed by atoms with van der Waals surface area (Å²) in [5, 5.41) is 12.1. The van der Waals surface area contributed by atoms with E-state index in [1.54, 1.807) is 6.92 Å². The second-order valence-corrected chi connectivity index (χ2v) is 12.4. The van der Waals surface area contributed by atoms with E-state index in [-0.39, 0.29) is 11.9 Å². The first-order valence-corrected chi connectivity index (χ1v) is 16.1. The van der Waals surface area contributed by atoms with E-state index in [0.29, 0.717) is 63.6 Å². The molecule has 6 rings (SSSR count). The van der Waals surface area contributed by atoms with Crippen LogP contribution in [0, 0.1) is 18.3 Å². The third-order valence-electron chi connectivity index (χ3n) is 9.50. The minimum atomic E-state index is -0.0422. The Hall–Kier alpha value is -4.36. The molecule has 45 heavy (non-hydrogen) atoms. The maximum absolute atomic E-state index is 13.3. The van der Waals surface area contributed by atoms with Gasteiger partial charge in [-0.2, -0.15) is 15.2 Å². The number of hydrogen-bond donors (Lipinski definition) is 0. The van der Waals surface area contributed by atoms with Crippen molar-refractivity contribution in [3.8, 4) is 12.1 Å². The molecule has 4 heterocycles. The summed E-state index contributed by atoms with van der Waals surface area (Å²) in [6, 6.07) is 15.9. The van der Waals surface area contributed by atoms with Gasteiger partial charge in [-0.1, -0.05) is 36.4 Å². The van der Waals surface area contributed by atoms with E-state index in [1.165, 1.54) is 16.3 Å². The topological polar surface area (TPSA) is 92.1 Å². The van der Waals surface area contributed by atoms with Crippen LogP contribution in [-0.2, 0) is 11.3 Å². The first kappa shape index (κ1) is 30.7. The fourth-order valence-electron chi connectivity index (χ4n) is 7.12. The molecular weight excluding hydrogens is 564 g/mol. The van der Waals surface area contributed by atoms with Crippen LogP contribution in [0.25, 0.3) is 10.8 Å². The number of piperazine rings is 1. The number of allylic oxidation sites excluding steroid dienone is 1. The highest BCUT2D eigenvalue weighted by Crippen LogP contribution is 2.39. The zero-order chi connectivity index (χ0) is 31.5. The van der Waals surface area contributed by atoms with Gasteiger partial charge in [0.25, 0.3) is 0 Å². The summed E-state index contributed by atoms with van der Waals surface area (Å²) in [5.41, 5.74) is 3.88. The molecule has 0 N–H and O–H groups in total. The van der Waals surface area contributed by atoms with Gasteiger partial charge >= 0.3 is 6.01 Å². The van der Waals surface area contributed by atoms with Gasteiger partial charge in [-0.3, -0.25) is 4.79 Å². The van der Waals surface area contributed by atoms with E-state index in [0.717, 1.165) is 43.0 Å². The second-order valence-electron chi connectivity index (χ2n) is 12.4. The van der Waals surface area contributed by atoms with Crippen LogP contribution < -0.4 is 19.4 Å². The molecule has 2 saturated heterocycles. The maximum Gasteiger partial charge on any atom is 0.318 e. The quantitative estimate of drug-likeness (QED) is 0.378. The van der Waals surface area contributed by atoms with Gasteiger partial charge in [0.05, 0.1) is 30.8 Å². The zero-order valence-corrected chi connectivity index (χ0v) is 26.9. The lowest BCUT2D eigenvalue weighted by molar-refractivity contribution is -0.116. The van der Waals surface area contributed by atoms with E-state index in [1.807, 2.05) is 17.9 Å². The van der Waals surface area contributed by atoms with Crippen LogP contribution in [-0.4, -0.2) is 90.7 Å². The Labute approximate surface area is 266 Å². The van der Waals surface area contributed by atoms with E-state index in [2.05, 4.69) is 82.2 Å². The van der Waals surface area contributed by atoms with Crippen molar-refractivity contribution in [2.75, 3.05) is 67.6 Å². The fraction of sp³-hybridized carbons (Fsp3) is 0.486. The number of nitrogens with zero attached hydrogens (tertiary/aromatic N) is 8. The molecule has 1 aromatic heterocycles. The summed E-state index contributed by atoms with van der Waals surface area (Å²) in [6.07, 6.45) is 6.73. The number of fused-ring (bicyclic) bond motifs is 2. The van der Waals surface area contributed by atoms with Gasteiger partial charge in [-0.05, 0) is 63.5 Å². The lowest BCUT2D eigenvalue weighted by Crippen LogP contribution is -2.51. The van der Waals surface area contributed by atoms with Crippen LogP contribution in [0.1, 0.15) is 44.4 Å². The van der Waals surface area contributed by atoms with Gasteiger partial charge in [0.2, 0.25) is 5.91 Å². The molecule has 2 aromatic carbocycles. The summed E-state index contributed by atoms with van der Waals surface area (Å²) in [5.74, 6) is 0.670. The molecule has 3 aliphatic heterocycles. The number of aryl methyl sites for hydroxylation is 1. The molecule has 0 radical (unpaired) electrons. The van der Waals surface area contributed by atoms with Crippen LogP contribution in [0.3, 0.4) is 0 Å². The Bertz CT molecular complexity index is 1610. The molecule has 2 atom stereocenters. The number of hydrogen-bond acceptors (Lipinski definition) is 9. The Morgan fingerprint density at radius 2 is 1.87 bits per heavy atom. The van der Waals surface area contributed by atoms with Crippen molar-refractivity contribution >= 4 is 33.9 Å². The highest BCUT2D eigenvalue weighted by atomic mass is 16.5. The molecule has 1 amide bonds. The van der Waals surface area contributed by atoms with Gasteiger partial charge in [0.15, 0.2) is 5.82 Å². The fourth-order valence-corrected chi connectivity index (χ4v) is 7.12. The van der Waals surface area contributed by atoms with Crippen molar-refractivity contribution in [1.29, 1.82) is 5.26 Å². The van der Waals surface area contributed by atoms with E-state index < -0.39 is 0 Å². The van der Waals surface area contributed by atoms with Crippen molar-refractivity contribution in [2.24, 2.45) is 0 Å². The number of ether oxygens (including phenoxy) is 1. The summed E-state index contributed by atoms with van der Waals surface area (Å²) in [6.45, 7) is 11.1. The molecule has 0 bridgehead atoms. The maximum atomic E-state index is 13.3. The van der Waals surface area contributed by atoms with Crippen molar-refractivity contribution in [1.82, 2.24) is 19.8 Å². The molecule has 10 heteroatoms. The van der Waals surface area contributed by atoms with Gasteiger partial charge in [-0.15, -0.1) is 0 Å². The third kappa shape index (κ3) is 6.27. The molecule has 0 spiro atoms. The number of likely N-dealkylation sites (N-methyl/N-ethyl adjacent to an activating group) is 1. The van der Waals surface area contributed by atoms with Gasteiger partial charge < -0.3 is 29.2 Å².